The summed E-state index contributed by atoms with van der Waals surface area (Å²) in [5.41, 5.74) is 1.46. The van der Waals surface area contributed by atoms with Crippen molar-refractivity contribution >= 4 is 11.9 Å². The van der Waals surface area contributed by atoms with Gasteiger partial charge in [-0.1, -0.05) is 35.5 Å². The molecule has 0 saturated carbocycles. The van der Waals surface area contributed by atoms with Crippen molar-refractivity contribution in [1.29, 1.82) is 0 Å². The highest BCUT2D eigenvalue weighted by Gasteiger charge is 2.30. The first kappa shape index (κ1) is 14.3. The molecule has 22 heavy (non-hydrogen) atoms. The van der Waals surface area contributed by atoms with Gasteiger partial charge in [-0.05, 0) is 12.8 Å². The second kappa shape index (κ2) is 6.01. The van der Waals surface area contributed by atoms with E-state index in [1.54, 1.807) is 6.07 Å². The summed E-state index contributed by atoms with van der Waals surface area (Å²) in [6.07, 6.45) is 1.28. The number of aromatic nitrogens is 1. The summed E-state index contributed by atoms with van der Waals surface area (Å²) < 4.78 is 5.14. The van der Waals surface area contributed by atoms with Crippen LogP contribution >= 0.6 is 0 Å². The van der Waals surface area contributed by atoms with Gasteiger partial charge in [0.05, 0.1) is 5.92 Å². The molecule has 1 saturated heterocycles. The molecule has 2 heterocycles. The molecule has 1 aromatic heterocycles. The van der Waals surface area contributed by atoms with Gasteiger partial charge in [0, 0.05) is 24.7 Å². The first-order valence-electron chi connectivity index (χ1n) is 7.19. The van der Waals surface area contributed by atoms with Crippen LogP contribution in [-0.2, 0) is 4.79 Å². The van der Waals surface area contributed by atoms with Crippen molar-refractivity contribution in [3.8, 4) is 11.3 Å². The Morgan fingerprint density at radius 2 is 2.05 bits per heavy atom. The number of benzene rings is 1. The van der Waals surface area contributed by atoms with E-state index in [1.165, 1.54) is 4.90 Å². The fourth-order valence-corrected chi connectivity index (χ4v) is 2.64. The average Bonchev–Trinajstić information content (AvgIpc) is 3.05. The standard InChI is InChI=1S/C16H16N2O4/c19-15(18-8-4-7-12(10-18)16(20)21)14-9-13(17-22-14)11-5-2-1-3-6-11/h1-3,5-6,9,12H,4,7-8,10H2,(H,20,21). The van der Waals surface area contributed by atoms with Gasteiger partial charge in [-0.2, -0.15) is 0 Å². The summed E-state index contributed by atoms with van der Waals surface area (Å²) >= 11 is 0. The van der Waals surface area contributed by atoms with Crippen LogP contribution in [0.4, 0.5) is 0 Å². The molecule has 1 N–H and O–H groups in total. The van der Waals surface area contributed by atoms with Crippen LogP contribution in [0.5, 0.6) is 0 Å². The van der Waals surface area contributed by atoms with Crippen molar-refractivity contribution in [2.24, 2.45) is 5.92 Å². The second-order valence-electron chi connectivity index (χ2n) is 5.37. The molecule has 3 rings (SSSR count). The maximum atomic E-state index is 12.4. The van der Waals surface area contributed by atoms with Gasteiger partial charge >= 0.3 is 5.97 Å². The number of piperidine rings is 1. The Hall–Kier alpha value is -2.63. The minimum Gasteiger partial charge on any atom is -0.481 e. The number of hydrogen-bond acceptors (Lipinski definition) is 4. The number of carbonyl (C=O) groups is 2. The van der Waals surface area contributed by atoms with Gasteiger partial charge in [0.15, 0.2) is 0 Å². The molecule has 1 amide bonds. The van der Waals surface area contributed by atoms with Crippen LogP contribution in [-0.4, -0.2) is 40.1 Å². The third-order valence-electron chi connectivity index (χ3n) is 3.85. The lowest BCUT2D eigenvalue weighted by Gasteiger charge is -2.29. The van der Waals surface area contributed by atoms with E-state index in [9.17, 15) is 9.59 Å². The van der Waals surface area contributed by atoms with Crippen LogP contribution in [0.1, 0.15) is 23.4 Å². The maximum Gasteiger partial charge on any atom is 0.308 e. The van der Waals surface area contributed by atoms with Crippen LogP contribution in [0.2, 0.25) is 0 Å². The SMILES string of the molecule is O=C(O)C1CCCN(C(=O)c2cc(-c3ccccc3)no2)C1. The summed E-state index contributed by atoms with van der Waals surface area (Å²) in [5.74, 6) is -1.53. The highest BCUT2D eigenvalue weighted by Crippen LogP contribution is 2.22. The summed E-state index contributed by atoms with van der Waals surface area (Å²) in [5, 5.41) is 13.0. The molecule has 0 aliphatic carbocycles. The Kier molecular flexibility index (Phi) is 3.91. The lowest BCUT2D eigenvalue weighted by molar-refractivity contribution is -0.143. The number of likely N-dealkylation sites (tertiary alicyclic amines) is 1. The van der Waals surface area contributed by atoms with Crippen LogP contribution in [0.15, 0.2) is 40.9 Å². The molecule has 1 aliphatic rings. The van der Waals surface area contributed by atoms with E-state index < -0.39 is 11.9 Å². The number of hydrogen-bond donors (Lipinski definition) is 1. The van der Waals surface area contributed by atoms with Crippen molar-refractivity contribution in [1.82, 2.24) is 10.1 Å². The molecule has 0 radical (unpaired) electrons. The van der Waals surface area contributed by atoms with Crippen molar-refractivity contribution < 1.29 is 19.2 Å². The molecule has 1 unspecified atom stereocenters. The maximum absolute atomic E-state index is 12.4. The molecule has 1 fully saturated rings. The van der Waals surface area contributed by atoms with E-state index in [0.717, 1.165) is 5.56 Å². The molecule has 1 aliphatic heterocycles. The summed E-state index contributed by atoms with van der Waals surface area (Å²) in [6.45, 7) is 0.763. The lowest BCUT2D eigenvalue weighted by atomic mass is 9.98. The highest BCUT2D eigenvalue weighted by molar-refractivity contribution is 5.92. The fraction of sp³-hybridized carbons (Fsp3) is 0.312. The Bertz CT molecular complexity index is 680. The average molecular weight is 300 g/mol. The third-order valence-corrected chi connectivity index (χ3v) is 3.85. The van der Waals surface area contributed by atoms with Crippen LogP contribution in [0.3, 0.4) is 0 Å². The number of amides is 1. The van der Waals surface area contributed by atoms with E-state index in [-0.39, 0.29) is 18.2 Å². The number of carboxylic acid groups (broad SMARTS) is 1. The normalized spacial score (nSPS) is 18.2. The third kappa shape index (κ3) is 2.86. The van der Waals surface area contributed by atoms with E-state index in [0.29, 0.717) is 25.1 Å². The minimum absolute atomic E-state index is 0.143. The molecule has 2 aromatic rings. The summed E-state index contributed by atoms with van der Waals surface area (Å²) in [7, 11) is 0. The Balaban J connectivity index is 1.76. The monoisotopic (exact) mass is 300 g/mol. The van der Waals surface area contributed by atoms with Gasteiger partial charge in [-0.25, -0.2) is 0 Å². The molecular formula is C16H16N2O4. The molecule has 6 heteroatoms. The molecular weight excluding hydrogens is 284 g/mol. The van der Waals surface area contributed by atoms with E-state index >= 15 is 0 Å². The Morgan fingerprint density at radius 1 is 1.27 bits per heavy atom. The Morgan fingerprint density at radius 3 is 2.77 bits per heavy atom. The number of carbonyl (C=O) groups excluding carboxylic acids is 1. The number of nitrogens with zero attached hydrogens (tertiary/aromatic N) is 2. The van der Waals surface area contributed by atoms with E-state index in [1.807, 2.05) is 30.3 Å². The molecule has 114 valence electrons. The van der Waals surface area contributed by atoms with E-state index in [4.69, 9.17) is 9.63 Å². The van der Waals surface area contributed by atoms with Crippen molar-refractivity contribution in [3.05, 3.63) is 42.2 Å². The zero-order valence-corrected chi connectivity index (χ0v) is 11.9. The fourth-order valence-electron chi connectivity index (χ4n) is 2.64. The predicted molar refractivity (Wildman–Crippen MR) is 78.2 cm³/mol. The first-order chi connectivity index (χ1) is 10.6. The van der Waals surface area contributed by atoms with Crippen LogP contribution < -0.4 is 0 Å². The van der Waals surface area contributed by atoms with Crippen molar-refractivity contribution in [2.75, 3.05) is 13.1 Å². The highest BCUT2D eigenvalue weighted by atomic mass is 16.5. The molecule has 0 spiro atoms. The van der Waals surface area contributed by atoms with Gasteiger partial charge in [-0.15, -0.1) is 0 Å². The lowest BCUT2D eigenvalue weighted by Crippen LogP contribution is -2.42. The van der Waals surface area contributed by atoms with Crippen molar-refractivity contribution in [3.63, 3.8) is 0 Å². The number of rotatable bonds is 3. The van der Waals surface area contributed by atoms with Crippen LogP contribution in [0.25, 0.3) is 11.3 Å². The molecule has 6 nitrogen and oxygen atoms in total. The predicted octanol–water partition coefficient (Wildman–Crippen LogP) is 2.28. The van der Waals surface area contributed by atoms with Gasteiger partial charge < -0.3 is 14.5 Å². The van der Waals surface area contributed by atoms with Gasteiger partial charge in [0.2, 0.25) is 5.76 Å². The smallest absolute Gasteiger partial charge is 0.308 e. The summed E-state index contributed by atoms with van der Waals surface area (Å²) in [4.78, 5) is 25.0. The zero-order valence-electron chi connectivity index (χ0n) is 11.9. The number of carboxylic acids is 1. The largest absolute Gasteiger partial charge is 0.481 e. The molecule has 0 bridgehead atoms. The second-order valence-corrected chi connectivity index (χ2v) is 5.37. The summed E-state index contributed by atoms with van der Waals surface area (Å²) in [6, 6.07) is 11.0. The van der Waals surface area contributed by atoms with Gasteiger partial charge in [0.1, 0.15) is 5.69 Å². The number of aliphatic carboxylic acids is 1. The van der Waals surface area contributed by atoms with Crippen molar-refractivity contribution in [2.45, 2.75) is 12.8 Å². The molecule has 1 atom stereocenters. The molecule has 1 aromatic carbocycles. The zero-order chi connectivity index (χ0) is 15.5. The van der Waals surface area contributed by atoms with Crippen LogP contribution in [0, 0.1) is 5.92 Å². The van der Waals surface area contributed by atoms with Gasteiger partial charge in [-0.3, -0.25) is 9.59 Å². The quantitative estimate of drug-likeness (QED) is 0.940. The first-order valence-corrected chi connectivity index (χ1v) is 7.19. The Labute approximate surface area is 127 Å². The van der Waals surface area contributed by atoms with E-state index in [2.05, 4.69) is 5.16 Å². The van der Waals surface area contributed by atoms with Gasteiger partial charge in [0.25, 0.3) is 5.91 Å². The minimum atomic E-state index is -0.861. The topological polar surface area (TPSA) is 83.6 Å².